The molecule has 0 bridgehead atoms. The first-order valence-corrected chi connectivity index (χ1v) is 16.8. The van der Waals surface area contributed by atoms with Crippen LogP contribution >= 0.6 is 0 Å². The van der Waals surface area contributed by atoms with Crippen molar-refractivity contribution in [2.24, 2.45) is 9.98 Å². The Labute approximate surface area is 298 Å². The van der Waals surface area contributed by atoms with Crippen molar-refractivity contribution in [3.8, 4) is 11.5 Å². The number of nitrogens with zero attached hydrogens (tertiary/aromatic N) is 2. The van der Waals surface area contributed by atoms with Crippen molar-refractivity contribution >= 4 is 18.2 Å². The highest BCUT2D eigenvalue weighted by Crippen LogP contribution is 2.23. The molecule has 0 aliphatic heterocycles. The lowest BCUT2D eigenvalue weighted by atomic mass is 9.99. The molecule has 4 rings (SSSR count). The highest BCUT2D eigenvalue weighted by molar-refractivity contribution is 5.98. The molecule has 0 N–H and O–H groups in total. The summed E-state index contributed by atoms with van der Waals surface area (Å²) in [4.78, 5) is 7.35. The van der Waals surface area contributed by atoms with Crippen LogP contribution in [0.4, 0.5) is 0 Å². The van der Waals surface area contributed by atoms with Gasteiger partial charge < -0.3 is 14.5 Å². The molecular formula is C45H58N2O2. The van der Waals surface area contributed by atoms with Gasteiger partial charge in [-0.2, -0.15) is 0 Å². The summed E-state index contributed by atoms with van der Waals surface area (Å²) in [5.41, 5.74) is 7.94. The van der Waals surface area contributed by atoms with Crippen LogP contribution in [0.5, 0.6) is 11.5 Å². The van der Waals surface area contributed by atoms with E-state index in [2.05, 4.69) is 112 Å². The smallest absolute Gasteiger partial charge is 0.119 e. The third-order valence-corrected chi connectivity index (χ3v) is 6.26. The lowest BCUT2D eigenvalue weighted by Gasteiger charge is -2.09. The van der Waals surface area contributed by atoms with Crippen molar-refractivity contribution in [3.63, 3.8) is 0 Å². The van der Waals surface area contributed by atoms with Gasteiger partial charge in [0.05, 0.1) is 5.57 Å². The van der Waals surface area contributed by atoms with Gasteiger partial charge in [0.15, 0.2) is 0 Å². The van der Waals surface area contributed by atoms with E-state index in [0.29, 0.717) is 13.2 Å². The molecule has 0 saturated carbocycles. The molecule has 0 aromatic heterocycles. The van der Waals surface area contributed by atoms with Gasteiger partial charge in [0.2, 0.25) is 0 Å². The number of aliphatic imine (C=N–C) groups is 2. The lowest BCUT2D eigenvalue weighted by Crippen LogP contribution is -2.00. The van der Waals surface area contributed by atoms with Crippen molar-refractivity contribution < 1.29 is 9.47 Å². The molecule has 260 valence electrons. The Morgan fingerprint density at radius 2 is 1.02 bits per heavy atom. The van der Waals surface area contributed by atoms with Crippen LogP contribution in [0.25, 0.3) is 5.57 Å². The van der Waals surface area contributed by atoms with Crippen molar-refractivity contribution in [2.45, 2.75) is 54.9 Å². The maximum Gasteiger partial charge on any atom is 0.119 e. The number of rotatable bonds is 10. The number of ether oxygens (including phenoxy) is 2. The molecule has 4 nitrogen and oxygen atoms in total. The average molecular weight is 659 g/mol. The summed E-state index contributed by atoms with van der Waals surface area (Å²) in [5, 5.41) is 0. The molecule has 0 heterocycles. The van der Waals surface area contributed by atoms with Crippen LogP contribution in [-0.4, -0.2) is 39.9 Å². The molecule has 0 aliphatic rings. The fourth-order valence-corrected chi connectivity index (χ4v) is 3.67. The Bertz CT molecular complexity index is 1540. The van der Waals surface area contributed by atoms with Crippen molar-refractivity contribution in [2.75, 3.05) is 27.3 Å². The normalized spacial score (nSPS) is 9.90. The maximum atomic E-state index is 5.96. The molecule has 0 unspecified atom stereocenters. The second kappa shape index (κ2) is 29.0. The Hall–Kier alpha value is -5.18. The minimum absolute atomic E-state index is 0.528. The fourth-order valence-electron chi connectivity index (χ4n) is 3.67. The minimum Gasteiger partial charge on any atom is -0.489 e. The van der Waals surface area contributed by atoms with Gasteiger partial charge >= 0.3 is 0 Å². The molecule has 4 aromatic carbocycles. The summed E-state index contributed by atoms with van der Waals surface area (Å²) in [6.45, 7) is 22.0. The summed E-state index contributed by atoms with van der Waals surface area (Å²) in [7, 11) is 3.38. The summed E-state index contributed by atoms with van der Waals surface area (Å²) < 4.78 is 11.8. The third kappa shape index (κ3) is 21.3. The zero-order valence-electron chi connectivity index (χ0n) is 31.4. The number of hydrogen-bond acceptors (Lipinski definition) is 4. The second-order valence-corrected chi connectivity index (χ2v) is 10.7. The molecule has 0 aliphatic carbocycles. The first kappa shape index (κ1) is 43.8. The fraction of sp³-hybridized carbons (Fsp3) is 0.267. The van der Waals surface area contributed by atoms with E-state index in [9.17, 15) is 0 Å². The first-order valence-electron chi connectivity index (χ1n) is 16.8. The molecular weight excluding hydrogens is 601 g/mol. The molecule has 0 spiro atoms. The number of benzene rings is 4. The maximum absolute atomic E-state index is 5.96. The van der Waals surface area contributed by atoms with Crippen LogP contribution in [0.3, 0.4) is 0 Å². The van der Waals surface area contributed by atoms with Crippen LogP contribution in [0.1, 0.15) is 63.3 Å². The van der Waals surface area contributed by atoms with E-state index < -0.39 is 0 Å². The largest absolute Gasteiger partial charge is 0.489 e. The van der Waals surface area contributed by atoms with Gasteiger partial charge in [-0.05, 0) is 105 Å². The van der Waals surface area contributed by atoms with Crippen LogP contribution < -0.4 is 9.47 Å². The Kier molecular flexibility index (Phi) is 25.9. The van der Waals surface area contributed by atoms with Gasteiger partial charge in [-0.15, -0.1) is 6.58 Å². The monoisotopic (exact) mass is 658 g/mol. The zero-order chi connectivity index (χ0) is 36.7. The highest BCUT2D eigenvalue weighted by atomic mass is 16.5. The third-order valence-electron chi connectivity index (χ3n) is 6.26. The second-order valence-electron chi connectivity index (χ2n) is 10.7. The molecule has 0 radical (unpaired) electrons. The predicted molar refractivity (Wildman–Crippen MR) is 217 cm³/mol. The minimum atomic E-state index is 0.528. The van der Waals surface area contributed by atoms with E-state index in [0.717, 1.165) is 45.8 Å². The zero-order valence-corrected chi connectivity index (χ0v) is 31.4. The van der Waals surface area contributed by atoms with Gasteiger partial charge in [-0.3, -0.25) is 0 Å². The Morgan fingerprint density at radius 3 is 1.39 bits per heavy atom. The molecule has 49 heavy (non-hydrogen) atoms. The van der Waals surface area contributed by atoms with Gasteiger partial charge in [-0.25, -0.2) is 4.99 Å². The van der Waals surface area contributed by atoms with Gasteiger partial charge in [-0.1, -0.05) is 123 Å². The van der Waals surface area contributed by atoms with E-state index >= 15 is 0 Å². The topological polar surface area (TPSA) is 43.2 Å². The van der Waals surface area contributed by atoms with E-state index in [1.807, 2.05) is 92.7 Å². The highest BCUT2D eigenvalue weighted by Gasteiger charge is 2.05. The van der Waals surface area contributed by atoms with Crippen LogP contribution in [-0.2, 0) is 0 Å². The predicted octanol–water partition coefficient (Wildman–Crippen LogP) is 12.0. The molecule has 0 saturated heterocycles. The van der Waals surface area contributed by atoms with Crippen LogP contribution in [0.15, 0.2) is 155 Å². The Balaban J connectivity index is 0.00000119. The van der Waals surface area contributed by atoms with Crippen LogP contribution in [0.2, 0.25) is 0 Å². The SMILES string of the molecule is C=CCC.C=NC.CC.CN=C=C(c1ccccc1)c1ccc(OC/C(C)=C/C=C(\C)COc2ccc(C)cc2)cc1.Cc1ccccc1. The summed E-state index contributed by atoms with van der Waals surface area (Å²) in [6, 6.07) is 36.6. The van der Waals surface area contributed by atoms with E-state index in [1.54, 1.807) is 14.1 Å². The number of allylic oxidation sites excluding steroid dienone is 3. The molecule has 4 heteroatoms. The first-order chi connectivity index (χ1) is 23.8. The van der Waals surface area contributed by atoms with E-state index in [-0.39, 0.29) is 0 Å². The molecule has 0 amide bonds. The van der Waals surface area contributed by atoms with Gasteiger partial charge in [0.25, 0.3) is 0 Å². The van der Waals surface area contributed by atoms with Gasteiger partial charge in [0.1, 0.15) is 24.7 Å². The average Bonchev–Trinajstić information content (AvgIpc) is 3.14. The number of aryl methyl sites for hydroxylation is 2. The molecule has 4 aromatic rings. The summed E-state index contributed by atoms with van der Waals surface area (Å²) in [5.74, 6) is 4.83. The van der Waals surface area contributed by atoms with Gasteiger partial charge in [0, 0.05) is 14.1 Å². The van der Waals surface area contributed by atoms with E-state index in [4.69, 9.17) is 9.47 Å². The molecule has 0 fully saturated rings. The van der Waals surface area contributed by atoms with E-state index in [1.165, 1.54) is 11.1 Å². The van der Waals surface area contributed by atoms with Crippen molar-refractivity contribution in [1.29, 1.82) is 0 Å². The number of hydrogen-bond donors (Lipinski definition) is 0. The standard InChI is InChI=1S/C30H31NO2.C7H8.C4H8.C2H5N.C2H6/c1-23-12-16-28(17-13-23)32-21-24(2)10-11-25(3)22-33-29-18-14-27(15-19-29)30(20-31-4)26-8-6-5-7-9-26;1-7-5-3-2-4-6-7;1-3-4-2;1-3-2;1-2/h5-19H,21-22H2,1-4H3;2-6H,1H3;3H,1,4H2,2H3;1H2,2H3;1-2H3/b24-10+,25-11+;;;;. The van der Waals surface area contributed by atoms with Crippen LogP contribution in [0, 0.1) is 13.8 Å². The molecule has 0 atom stereocenters. The van der Waals surface area contributed by atoms with Crippen molar-refractivity contribution in [3.05, 3.63) is 167 Å². The Morgan fingerprint density at radius 1 is 0.653 bits per heavy atom. The quantitative estimate of drug-likeness (QED) is 0.0967. The lowest BCUT2D eigenvalue weighted by molar-refractivity contribution is 0.350. The summed E-state index contributed by atoms with van der Waals surface area (Å²) in [6.07, 6.45) is 7.12. The summed E-state index contributed by atoms with van der Waals surface area (Å²) >= 11 is 0. The van der Waals surface area contributed by atoms with Crippen molar-refractivity contribution in [1.82, 2.24) is 0 Å².